The SMILES string of the molecule is CCN(CC)c1ccc(/C=N\NC(=O)c2nnn(-c3nonc3N)c2CN2CCCCC2C)cc1. The van der Waals surface area contributed by atoms with Crippen molar-refractivity contribution < 1.29 is 9.42 Å². The number of likely N-dealkylation sites (tertiary alicyclic amines) is 1. The smallest absolute Gasteiger partial charge is 0.293 e. The van der Waals surface area contributed by atoms with Crippen LogP contribution in [0.5, 0.6) is 0 Å². The molecule has 12 heteroatoms. The summed E-state index contributed by atoms with van der Waals surface area (Å²) in [5, 5.41) is 19.8. The van der Waals surface area contributed by atoms with Gasteiger partial charge >= 0.3 is 0 Å². The molecule has 1 saturated heterocycles. The van der Waals surface area contributed by atoms with Crippen LogP contribution in [0.3, 0.4) is 0 Å². The van der Waals surface area contributed by atoms with Crippen LogP contribution in [0.1, 0.15) is 61.8 Å². The van der Waals surface area contributed by atoms with Crippen molar-refractivity contribution in [3.8, 4) is 5.82 Å². The lowest BCUT2D eigenvalue weighted by Gasteiger charge is -2.33. The molecule has 0 spiro atoms. The third-order valence-electron chi connectivity index (χ3n) is 6.37. The lowest BCUT2D eigenvalue weighted by molar-refractivity contribution is 0.0945. The molecule has 0 radical (unpaired) electrons. The van der Waals surface area contributed by atoms with E-state index in [0.29, 0.717) is 18.3 Å². The van der Waals surface area contributed by atoms with Crippen molar-refractivity contribution in [3.05, 3.63) is 41.2 Å². The van der Waals surface area contributed by atoms with E-state index in [0.717, 1.165) is 43.7 Å². The molecule has 1 fully saturated rings. The average Bonchev–Trinajstić information content (AvgIpc) is 3.48. The lowest BCUT2D eigenvalue weighted by atomic mass is 10.0. The molecule has 1 aliphatic rings. The molecule has 0 saturated carbocycles. The first-order chi connectivity index (χ1) is 17.0. The second-order valence-electron chi connectivity index (χ2n) is 8.55. The zero-order valence-electron chi connectivity index (χ0n) is 20.4. The largest absolute Gasteiger partial charge is 0.378 e. The number of carbonyl (C=O) groups is 1. The Kier molecular flexibility index (Phi) is 7.70. The molecular weight excluding hydrogens is 448 g/mol. The third kappa shape index (κ3) is 5.48. The number of hydrazone groups is 1. The van der Waals surface area contributed by atoms with E-state index in [9.17, 15) is 4.79 Å². The highest BCUT2D eigenvalue weighted by Crippen LogP contribution is 2.23. The number of nitrogen functional groups attached to an aromatic ring is 1. The Morgan fingerprint density at radius 1 is 1.26 bits per heavy atom. The molecule has 4 rings (SSSR count). The second-order valence-corrected chi connectivity index (χ2v) is 8.55. The van der Waals surface area contributed by atoms with Crippen molar-refractivity contribution in [1.82, 2.24) is 35.6 Å². The molecule has 3 N–H and O–H groups in total. The predicted octanol–water partition coefficient (Wildman–Crippen LogP) is 2.22. The van der Waals surface area contributed by atoms with Gasteiger partial charge in [-0.3, -0.25) is 9.69 Å². The van der Waals surface area contributed by atoms with Crippen LogP contribution in [0.2, 0.25) is 0 Å². The molecule has 1 atom stereocenters. The maximum Gasteiger partial charge on any atom is 0.293 e. The predicted molar refractivity (Wildman–Crippen MR) is 132 cm³/mol. The van der Waals surface area contributed by atoms with Crippen molar-refractivity contribution in [1.29, 1.82) is 0 Å². The van der Waals surface area contributed by atoms with Crippen LogP contribution in [0.25, 0.3) is 5.82 Å². The standard InChI is InChI=1S/C23H32N10O2/c1-4-31(5-2)18-11-9-17(10-12-18)14-25-27-23(34)20-19(15-32-13-7-6-8-16(32)3)33(30-26-20)22-21(24)28-35-29-22/h9-12,14,16H,4-8,13,15H2,1-3H3,(H2,24,28)(H,27,34)/b25-14-. The van der Waals surface area contributed by atoms with E-state index in [1.165, 1.54) is 11.1 Å². The topological polar surface area (TPSA) is 144 Å². The minimum absolute atomic E-state index is 0.0704. The lowest BCUT2D eigenvalue weighted by Crippen LogP contribution is -2.38. The summed E-state index contributed by atoms with van der Waals surface area (Å²) in [6.45, 7) is 9.68. The van der Waals surface area contributed by atoms with E-state index >= 15 is 0 Å². The quantitative estimate of drug-likeness (QED) is 0.348. The number of nitrogens with one attached hydrogen (secondary N) is 1. The molecule has 186 valence electrons. The average molecular weight is 481 g/mol. The van der Waals surface area contributed by atoms with Gasteiger partial charge in [-0.15, -0.1) is 5.10 Å². The van der Waals surface area contributed by atoms with Gasteiger partial charge in [0.15, 0.2) is 5.69 Å². The Labute approximate surface area is 204 Å². The molecule has 1 unspecified atom stereocenters. The summed E-state index contributed by atoms with van der Waals surface area (Å²) < 4.78 is 6.15. The van der Waals surface area contributed by atoms with Crippen molar-refractivity contribution in [2.24, 2.45) is 5.10 Å². The fraction of sp³-hybridized carbons (Fsp3) is 0.478. The Bertz CT molecular complexity index is 1150. The summed E-state index contributed by atoms with van der Waals surface area (Å²) in [6.07, 6.45) is 4.97. The molecule has 3 aromatic rings. The van der Waals surface area contributed by atoms with Gasteiger partial charge in [-0.2, -0.15) is 9.78 Å². The number of amides is 1. The van der Waals surface area contributed by atoms with Crippen LogP contribution in [0.15, 0.2) is 34.0 Å². The highest BCUT2D eigenvalue weighted by molar-refractivity contribution is 5.94. The third-order valence-corrected chi connectivity index (χ3v) is 6.37. The van der Waals surface area contributed by atoms with Gasteiger partial charge in [0.2, 0.25) is 11.6 Å². The number of anilines is 2. The monoisotopic (exact) mass is 480 g/mol. The summed E-state index contributed by atoms with van der Waals surface area (Å²) in [5.41, 5.74) is 11.2. The van der Waals surface area contributed by atoms with Gasteiger partial charge in [-0.25, -0.2) is 10.1 Å². The normalized spacial score (nSPS) is 16.6. The van der Waals surface area contributed by atoms with Crippen LogP contribution in [-0.2, 0) is 6.54 Å². The van der Waals surface area contributed by atoms with E-state index in [2.05, 4.69) is 61.7 Å². The van der Waals surface area contributed by atoms with Crippen LogP contribution < -0.4 is 16.1 Å². The van der Waals surface area contributed by atoms with Crippen LogP contribution in [0.4, 0.5) is 11.5 Å². The van der Waals surface area contributed by atoms with Crippen LogP contribution in [0, 0.1) is 0 Å². The maximum atomic E-state index is 13.0. The number of hydrogen-bond donors (Lipinski definition) is 2. The number of piperidine rings is 1. The molecule has 1 amide bonds. The molecule has 1 aromatic carbocycles. The summed E-state index contributed by atoms with van der Waals surface area (Å²) >= 11 is 0. The minimum atomic E-state index is -0.470. The van der Waals surface area contributed by atoms with Crippen molar-refractivity contribution in [2.45, 2.75) is 52.6 Å². The Hall–Kier alpha value is -3.80. The van der Waals surface area contributed by atoms with E-state index in [1.54, 1.807) is 6.21 Å². The first kappa shape index (κ1) is 24.3. The fourth-order valence-electron chi connectivity index (χ4n) is 4.29. The number of nitrogens with two attached hydrogens (primary N) is 1. The van der Waals surface area contributed by atoms with Gasteiger partial charge in [0, 0.05) is 31.4 Å². The Morgan fingerprint density at radius 3 is 2.69 bits per heavy atom. The van der Waals surface area contributed by atoms with Crippen LogP contribution >= 0.6 is 0 Å². The molecule has 2 aromatic heterocycles. The van der Waals surface area contributed by atoms with Gasteiger partial charge in [-0.05, 0) is 68.2 Å². The van der Waals surface area contributed by atoms with Crippen molar-refractivity contribution >= 4 is 23.6 Å². The zero-order chi connectivity index (χ0) is 24.8. The van der Waals surface area contributed by atoms with E-state index < -0.39 is 5.91 Å². The number of hydrogen-bond acceptors (Lipinski definition) is 10. The summed E-state index contributed by atoms with van der Waals surface area (Å²) in [7, 11) is 0. The Morgan fingerprint density at radius 2 is 2.03 bits per heavy atom. The number of benzene rings is 1. The number of rotatable bonds is 9. The number of carbonyl (C=O) groups excluding carboxylic acids is 1. The zero-order valence-corrected chi connectivity index (χ0v) is 20.4. The first-order valence-electron chi connectivity index (χ1n) is 12.0. The summed E-state index contributed by atoms with van der Waals surface area (Å²) in [6, 6.07) is 8.37. The van der Waals surface area contributed by atoms with Gasteiger partial charge < -0.3 is 10.6 Å². The molecule has 3 heterocycles. The number of nitrogens with zero attached hydrogens (tertiary/aromatic N) is 8. The summed E-state index contributed by atoms with van der Waals surface area (Å²) in [5.74, 6) is -0.198. The Balaban J connectivity index is 1.52. The highest BCUT2D eigenvalue weighted by atomic mass is 16.6. The van der Waals surface area contributed by atoms with Crippen molar-refractivity contribution in [2.75, 3.05) is 30.3 Å². The maximum absolute atomic E-state index is 13.0. The van der Waals surface area contributed by atoms with Crippen molar-refractivity contribution in [3.63, 3.8) is 0 Å². The summed E-state index contributed by atoms with van der Waals surface area (Å²) in [4.78, 5) is 17.6. The second kappa shape index (κ2) is 11.1. The molecule has 12 nitrogen and oxygen atoms in total. The van der Waals surface area contributed by atoms with Gasteiger partial charge in [0.05, 0.1) is 11.9 Å². The fourth-order valence-corrected chi connectivity index (χ4v) is 4.29. The number of aromatic nitrogens is 5. The van der Waals surface area contributed by atoms with Crippen LogP contribution in [-0.4, -0.2) is 68.0 Å². The van der Waals surface area contributed by atoms with E-state index in [4.69, 9.17) is 10.4 Å². The minimum Gasteiger partial charge on any atom is -0.378 e. The van der Waals surface area contributed by atoms with E-state index in [-0.39, 0.29) is 17.3 Å². The first-order valence-corrected chi connectivity index (χ1v) is 12.0. The molecule has 0 aliphatic carbocycles. The van der Waals surface area contributed by atoms with Gasteiger partial charge in [0.25, 0.3) is 5.91 Å². The highest BCUT2D eigenvalue weighted by Gasteiger charge is 2.28. The molecule has 35 heavy (non-hydrogen) atoms. The van der Waals surface area contributed by atoms with Gasteiger partial charge in [0.1, 0.15) is 0 Å². The molecule has 0 bridgehead atoms. The molecule has 1 aliphatic heterocycles. The van der Waals surface area contributed by atoms with Gasteiger partial charge in [-0.1, -0.05) is 23.8 Å². The van der Waals surface area contributed by atoms with E-state index in [1.807, 2.05) is 24.3 Å². The molecular formula is C23H32N10O2.